The van der Waals surface area contributed by atoms with E-state index in [9.17, 15) is 9.66 Å². The van der Waals surface area contributed by atoms with Gasteiger partial charge in [-0.3, -0.25) is 4.98 Å². The van der Waals surface area contributed by atoms with E-state index in [1.165, 1.54) is 0 Å². The number of ether oxygens (including phenoxy) is 1. The lowest BCUT2D eigenvalue weighted by atomic mass is 9.82. The SMILES string of the molecule is CC[S+]([O-])Nc1ccc(BOC(C)(C)C(C)(C)O)cc1OCc1ccncc1. The predicted octanol–water partition coefficient (Wildman–Crippen LogP) is 2.30. The normalized spacial score (nSPS) is 13.1. The van der Waals surface area contributed by atoms with Crippen LogP contribution in [0.5, 0.6) is 5.75 Å². The van der Waals surface area contributed by atoms with Crippen LogP contribution in [-0.4, -0.2) is 39.1 Å². The van der Waals surface area contributed by atoms with Crippen molar-refractivity contribution in [2.24, 2.45) is 0 Å². The number of rotatable bonds is 10. The van der Waals surface area contributed by atoms with Crippen LogP contribution in [0.2, 0.25) is 0 Å². The molecule has 0 aliphatic rings. The molecule has 0 aliphatic carbocycles. The zero-order chi connectivity index (χ0) is 20.8. The number of pyridine rings is 1. The fourth-order valence-electron chi connectivity index (χ4n) is 2.14. The van der Waals surface area contributed by atoms with Gasteiger partial charge in [-0.1, -0.05) is 6.07 Å². The van der Waals surface area contributed by atoms with Crippen LogP contribution < -0.4 is 14.9 Å². The molecule has 0 aliphatic heterocycles. The van der Waals surface area contributed by atoms with Gasteiger partial charge in [-0.05, 0) is 69.9 Å². The minimum atomic E-state index is -1.18. The third-order valence-electron chi connectivity index (χ3n) is 4.75. The standard InChI is InChI=1S/C20H29BN2O4S/c1-6-28(25)23-17-8-7-16(21-27-20(4,5)19(2,3)24)13-18(17)26-14-15-9-11-22-12-10-15/h7-13,21,23-24H,6,14H2,1-5H3. The van der Waals surface area contributed by atoms with Crippen LogP contribution in [-0.2, 0) is 22.6 Å². The van der Waals surface area contributed by atoms with E-state index in [0.717, 1.165) is 11.0 Å². The van der Waals surface area contributed by atoms with Gasteiger partial charge < -0.3 is 19.1 Å². The van der Waals surface area contributed by atoms with Gasteiger partial charge in [0.15, 0.2) is 0 Å². The van der Waals surface area contributed by atoms with E-state index < -0.39 is 22.6 Å². The Bertz CT molecular complexity index is 754. The minimum absolute atomic E-state index is 0.319. The number of hydrogen-bond donors (Lipinski definition) is 2. The van der Waals surface area contributed by atoms with Crippen LogP contribution in [0, 0.1) is 0 Å². The number of aromatic nitrogens is 1. The summed E-state index contributed by atoms with van der Waals surface area (Å²) in [6.45, 7) is 9.38. The van der Waals surface area contributed by atoms with Gasteiger partial charge in [0.1, 0.15) is 23.8 Å². The van der Waals surface area contributed by atoms with Gasteiger partial charge in [0, 0.05) is 12.4 Å². The maximum Gasteiger partial charge on any atom is 0.309 e. The zero-order valence-electron chi connectivity index (χ0n) is 17.2. The van der Waals surface area contributed by atoms with Crippen LogP contribution >= 0.6 is 0 Å². The summed E-state index contributed by atoms with van der Waals surface area (Å²) in [5.74, 6) is 1.09. The van der Waals surface area contributed by atoms with Gasteiger partial charge in [0.2, 0.25) is 0 Å². The fourth-order valence-corrected chi connectivity index (χ4v) is 2.69. The summed E-state index contributed by atoms with van der Waals surface area (Å²) < 4.78 is 26.8. The molecule has 0 saturated heterocycles. The molecule has 0 bridgehead atoms. The highest BCUT2D eigenvalue weighted by molar-refractivity contribution is 7.92. The number of anilines is 1. The molecule has 0 spiro atoms. The number of hydrogen-bond acceptors (Lipinski definition) is 6. The summed E-state index contributed by atoms with van der Waals surface area (Å²) in [4.78, 5) is 4.00. The number of aliphatic hydroxyl groups is 1. The third kappa shape index (κ3) is 6.41. The highest BCUT2D eigenvalue weighted by Gasteiger charge is 2.35. The van der Waals surface area contributed by atoms with Crippen molar-refractivity contribution in [3.8, 4) is 5.75 Å². The summed E-state index contributed by atoms with van der Waals surface area (Å²) in [5.41, 5.74) is 0.857. The van der Waals surface area contributed by atoms with E-state index in [2.05, 4.69) is 9.71 Å². The number of benzene rings is 1. The van der Waals surface area contributed by atoms with Crippen molar-refractivity contribution < 1.29 is 19.1 Å². The molecule has 1 aromatic carbocycles. The van der Waals surface area contributed by atoms with Gasteiger partial charge in [-0.15, -0.1) is 0 Å². The zero-order valence-corrected chi connectivity index (χ0v) is 18.0. The molecule has 2 N–H and O–H groups in total. The van der Waals surface area contributed by atoms with Crippen molar-refractivity contribution in [2.75, 3.05) is 10.5 Å². The molecular weight excluding hydrogens is 375 g/mol. The largest absolute Gasteiger partial charge is 0.593 e. The topological polar surface area (TPSA) is 86.7 Å². The van der Waals surface area contributed by atoms with Crippen LogP contribution in [0.15, 0.2) is 42.7 Å². The molecule has 0 amide bonds. The smallest absolute Gasteiger partial charge is 0.309 e. The molecule has 1 atom stereocenters. The average Bonchev–Trinajstić information content (AvgIpc) is 2.65. The predicted molar refractivity (Wildman–Crippen MR) is 116 cm³/mol. The Hall–Kier alpha value is -1.74. The van der Waals surface area contributed by atoms with Crippen molar-refractivity contribution in [1.82, 2.24) is 4.98 Å². The Labute approximate surface area is 171 Å². The first-order valence-corrected chi connectivity index (χ1v) is 10.6. The van der Waals surface area contributed by atoms with Gasteiger partial charge in [0.05, 0.1) is 22.6 Å². The van der Waals surface area contributed by atoms with Crippen molar-refractivity contribution in [3.05, 3.63) is 48.3 Å². The maximum absolute atomic E-state index is 11.9. The van der Waals surface area contributed by atoms with Gasteiger partial charge >= 0.3 is 7.48 Å². The van der Waals surface area contributed by atoms with Crippen molar-refractivity contribution in [3.63, 3.8) is 0 Å². The lowest BCUT2D eigenvalue weighted by Crippen LogP contribution is -2.49. The van der Waals surface area contributed by atoms with E-state index in [-0.39, 0.29) is 0 Å². The molecule has 2 aromatic rings. The molecule has 6 nitrogen and oxygen atoms in total. The van der Waals surface area contributed by atoms with Crippen molar-refractivity contribution >= 4 is 30.0 Å². The summed E-state index contributed by atoms with van der Waals surface area (Å²) >= 11 is -1.18. The van der Waals surface area contributed by atoms with Crippen molar-refractivity contribution in [1.29, 1.82) is 0 Å². The molecule has 2 rings (SSSR count). The Kier molecular flexibility index (Phi) is 7.77. The van der Waals surface area contributed by atoms with Gasteiger partial charge in [-0.25, -0.2) is 4.72 Å². The van der Waals surface area contributed by atoms with E-state index in [1.807, 2.05) is 51.1 Å². The van der Waals surface area contributed by atoms with E-state index in [0.29, 0.717) is 31.3 Å². The molecule has 1 unspecified atom stereocenters. The third-order valence-corrected chi connectivity index (χ3v) is 5.72. The second-order valence-corrected chi connectivity index (χ2v) is 9.04. The number of nitrogens with one attached hydrogen (secondary N) is 1. The first kappa shape index (κ1) is 22.6. The summed E-state index contributed by atoms with van der Waals surface area (Å²) in [7, 11) is 0.319. The number of nitrogens with zero attached hydrogens (tertiary/aromatic N) is 1. The van der Waals surface area contributed by atoms with E-state index in [4.69, 9.17) is 9.39 Å². The Balaban J connectivity index is 2.17. The fraction of sp³-hybridized carbons (Fsp3) is 0.450. The second kappa shape index (κ2) is 9.65. The monoisotopic (exact) mass is 404 g/mol. The lowest BCUT2D eigenvalue weighted by Gasteiger charge is -2.37. The average molecular weight is 404 g/mol. The van der Waals surface area contributed by atoms with Crippen LogP contribution in [0.4, 0.5) is 5.69 Å². The van der Waals surface area contributed by atoms with Crippen LogP contribution in [0.3, 0.4) is 0 Å². The molecule has 0 fully saturated rings. The van der Waals surface area contributed by atoms with Crippen molar-refractivity contribution in [2.45, 2.75) is 52.4 Å². The highest BCUT2D eigenvalue weighted by atomic mass is 32.2. The molecule has 8 heteroatoms. The summed E-state index contributed by atoms with van der Waals surface area (Å²) in [6, 6.07) is 9.38. The maximum atomic E-state index is 11.9. The highest BCUT2D eigenvalue weighted by Crippen LogP contribution is 2.27. The molecule has 28 heavy (non-hydrogen) atoms. The van der Waals surface area contributed by atoms with E-state index >= 15 is 0 Å². The minimum Gasteiger partial charge on any atom is -0.593 e. The Morgan fingerprint density at radius 2 is 1.86 bits per heavy atom. The van der Waals surface area contributed by atoms with E-state index in [1.54, 1.807) is 26.2 Å². The van der Waals surface area contributed by atoms with Gasteiger partial charge in [-0.2, -0.15) is 0 Å². The molecule has 152 valence electrons. The quantitative estimate of drug-likeness (QED) is 0.467. The van der Waals surface area contributed by atoms with Crippen LogP contribution in [0.25, 0.3) is 0 Å². The molecule has 0 radical (unpaired) electrons. The molecule has 0 saturated carbocycles. The first-order chi connectivity index (χ1) is 13.1. The molecular formula is C20H29BN2O4S. The lowest BCUT2D eigenvalue weighted by molar-refractivity contribution is -0.0893. The Morgan fingerprint density at radius 3 is 2.46 bits per heavy atom. The first-order valence-electron chi connectivity index (χ1n) is 9.28. The second-order valence-electron chi connectivity index (χ2n) is 7.57. The van der Waals surface area contributed by atoms with Gasteiger partial charge in [0.25, 0.3) is 0 Å². The molecule has 1 aromatic heterocycles. The summed E-state index contributed by atoms with van der Waals surface area (Å²) in [6.07, 6.45) is 3.43. The van der Waals surface area contributed by atoms with Crippen LogP contribution in [0.1, 0.15) is 40.2 Å². The molecule has 1 heterocycles. The summed E-state index contributed by atoms with van der Waals surface area (Å²) in [5, 5.41) is 10.3. The Morgan fingerprint density at radius 1 is 1.18 bits per heavy atom.